The second-order valence-corrected chi connectivity index (χ2v) is 4.94. The molecule has 0 unspecified atom stereocenters. The van der Waals surface area contributed by atoms with E-state index in [1.165, 1.54) is 0 Å². The van der Waals surface area contributed by atoms with Gasteiger partial charge in [-0.05, 0) is 32.1 Å². The molecule has 1 rings (SSSR count). The lowest BCUT2D eigenvalue weighted by Gasteiger charge is -2.20. The number of hydrogen-bond acceptors (Lipinski definition) is 4. The summed E-state index contributed by atoms with van der Waals surface area (Å²) in [7, 11) is 0. The number of nitrogens with two attached hydrogens (primary N) is 1. The van der Waals surface area contributed by atoms with Crippen molar-refractivity contribution in [1.29, 1.82) is 0 Å². The average Bonchev–Trinajstić information content (AvgIpc) is 3.10. The first-order valence-corrected chi connectivity index (χ1v) is 6.52. The third kappa shape index (κ3) is 4.18. The molecule has 1 aliphatic carbocycles. The molecule has 0 radical (unpaired) electrons. The van der Waals surface area contributed by atoms with E-state index in [-0.39, 0.29) is 17.2 Å². The standard InChI is InChI=1S/C12H24N4O2/c1-3-16(4-2)11(17)8-14-9-12(5-6-12)7-10(13)15-18/h14,18H,3-9H2,1-2H3,(H2,13,15). The average molecular weight is 256 g/mol. The van der Waals surface area contributed by atoms with Gasteiger partial charge in [0.15, 0.2) is 0 Å². The van der Waals surface area contributed by atoms with Crippen LogP contribution in [0.3, 0.4) is 0 Å². The van der Waals surface area contributed by atoms with Crippen molar-refractivity contribution in [2.24, 2.45) is 16.3 Å². The minimum atomic E-state index is 0.0971. The second-order valence-electron chi connectivity index (χ2n) is 4.94. The van der Waals surface area contributed by atoms with Crippen LogP contribution in [0.15, 0.2) is 5.16 Å². The van der Waals surface area contributed by atoms with Gasteiger partial charge in [0, 0.05) is 26.1 Å². The number of amides is 1. The summed E-state index contributed by atoms with van der Waals surface area (Å²) in [4.78, 5) is 13.6. The molecule has 0 aliphatic heterocycles. The fourth-order valence-corrected chi connectivity index (χ4v) is 2.14. The quantitative estimate of drug-likeness (QED) is 0.253. The fraction of sp³-hybridized carbons (Fsp3) is 0.833. The molecule has 1 amide bonds. The smallest absolute Gasteiger partial charge is 0.236 e. The summed E-state index contributed by atoms with van der Waals surface area (Å²) in [6, 6.07) is 0. The van der Waals surface area contributed by atoms with Gasteiger partial charge in [-0.15, -0.1) is 0 Å². The number of carbonyl (C=O) groups is 1. The lowest BCUT2D eigenvalue weighted by atomic mass is 10.0. The first kappa shape index (κ1) is 14.8. The van der Waals surface area contributed by atoms with Gasteiger partial charge in [-0.1, -0.05) is 5.16 Å². The summed E-state index contributed by atoms with van der Waals surface area (Å²) in [6.45, 7) is 6.54. The van der Waals surface area contributed by atoms with Gasteiger partial charge < -0.3 is 21.2 Å². The molecule has 0 saturated heterocycles. The molecule has 1 fully saturated rings. The third-order valence-corrected chi connectivity index (χ3v) is 3.53. The van der Waals surface area contributed by atoms with E-state index in [0.29, 0.717) is 13.0 Å². The largest absolute Gasteiger partial charge is 0.409 e. The Morgan fingerprint density at radius 3 is 2.50 bits per heavy atom. The van der Waals surface area contributed by atoms with E-state index in [0.717, 1.165) is 32.5 Å². The number of hydrogen-bond donors (Lipinski definition) is 3. The number of oxime groups is 1. The van der Waals surface area contributed by atoms with Crippen LogP contribution in [0.25, 0.3) is 0 Å². The molecule has 4 N–H and O–H groups in total. The maximum Gasteiger partial charge on any atom is 0.236 e. The molecule has 0 aromatic carbocycles. The molecule has 0 aromatic heterocycles. The van der Waals surface area contributed by atoms with Gasteiger partial charge in [-0.25, -0.2) is 0 Å². The minimum Gasteiger partial charge on any atom is -0.409 e. The molecule has 0 heterocycles. The van der Waals surface area contributed by atoms with E-state index in [4.69, 9.17) is 10.9 Å². The van der Waals surface area contributed by atoms with Gasteiger partial charge in [-0.3, -0.25) is 4.79 Å². The number of nitrogens with zero attached hydrogens (tertiary/aromatic N) is 2. The van der Waals surface area contributed by atoms with E-state index < -0.39 is 0 Å². The van der Waals surface area contributed by atoms with Crippen molar-refractivity contribution in [3.8, 4) is 0 Å². The van der Waals surface area contributed by atoms with Gasteiger partial charge in [-0.2, -0.15) is 0 Å². The van der Waals surface area contributed by atoms with E-state index in [1.54, 1.807) is 4.90 Å². The molecule has 1 saturated carbocycles. The van der Waals surface area contributed by atoms with Crippen LogP contribution in [0.4, 0.5) is 0 Å². The predicted molar refractivity (Wildman–Crippen MR) is 70.5 cm³/mol. The SMILES string of the molecule is CCN(CC)C(=O)CNCC1(CC(N)=NO)CC1. The lowest BCUT2D eigenvalue weighted by molar-refractivity contribution is -0.129. The zero-order valence-corrected chi connectivity index (χ0v) is 11.3. The van der Waals surface area contributed by atoms with Crippen LogP contribution < -0.4 is 11.1 Å². The molecule has 18 heavy (non-hydrogen) atoms. The van der Waals surface area contributed by atoms with Crippen LogP contribution in [-0.4, -0.2) is 48.0 Å². The second kappa shape index (κ2) is 6.58. The van der Waals surface area contributed by atoms with Gasteiger partial charge >= 0.3 is 0 Å². The summed E-state index contributed by atoms with van der Waals surface area (Å²) in [5.41, 5.74) is 5.62. The number of nitrogens with one attached hydrogen (secondary N) is 1. The van der Waals surface area contributed by atoms with Crippen LogP contribution in [0.2, 0.25) is 0 Å². The zero-order chi connectivity index (χ0) is 13.6. The Labute approximate surface area is 108 Å². The van der Waals surface area contributed by atoms with E-state index in [2.05, 4.69) is 10.5 Å². The topological polar surface area (TPSA) is 91.0 Å². The molecule has 1 aliphatic rings. The Balaban J connectivity index is 2.27. The molecular formula is C12H24N4O2. The Bertz CT molecular complexity index is 309. The van der Waals surface area contributed by atoms with Crippen LogP contribution in [0, 0.1) is 5.41 Å². The Hall–Kier alpha value is -1.30. The van der Waals surface area contributed by atoms with Crippen molar-refractivity contribution in [3.63, 3.8) is 0 Å². The number of carbonyl (C=O) groups excluding carboxylic acids is 1. The van der Waals surface area contributed by atoms with Crippen molar-refractivity contribution in [1.82, 2.24) is 10.2 Å². The van der Waals surface area contributed by atoms with E-state index >= 15 is 0 Å². The van der Waals surface area contributed by atoms with Crippen LogP contribution in [0.1, 0.15) is 33.1 Å². The molecule has 6 heteroatoms. The Morgan fingerprint density at radius 2 is 2.06 bits per heavy atom. The van der Waals surface area contributed by atoms with Crippen molar-refractivity contribution >= 4 is 11.7 Å². The monoisotopic (exact) mass is 256 g/mol. The molecular weight excluding hydrogens is 232 g/mol. The van der Waals surface area contributed by atoms with Gasteiger partial charge in [0.05, 0.1) is 6.54 Å². The number of likely N-dealkylation sites (N-methyl/N-ethyl adjacent to an activating group) is 1. The summed E-state index contributed by atoms with van der Waals surface area (Å²) in [5, 5.41) is 14.7. The molecule has 0 bridgehead atoms. The van der Waals surface area contributed by atoms with Crippen molar-refractivity contribution in [2.45, 2.75) is 33.1 Å². The molecule has 104 valence electrons. The van der Waals surface area contributed by atoms with Gasteiger partial charge in [0.1, 0.15) is 5.84 Å². The zero-order valence-electron chi connectivity index (χ0n) is 11.3. The highest BCUT2D eigenvalue weighted by Gasteiger charge is 2.42. The van der Waals surface area contributed by atoms with E-state index in [9.17, 15) is 4.79 Å². The van der Waals surface area contributed by atoms with Crippen LogP contribution in [0.5, 0.6) is 0 Å². The third-order valence-electron chi connectivity index (χ3n) is 3.53. The normalized spacial score (nSPS) is 17.6. The van der Waals surface area contributed by atoms with Crippen molar-refractivity contribution in [2.75, 3.05) is 26.2 Å². The molecule has 0 spiro atoms. The lowest BCUT2D eigenvalue weighted by Crippen LogP contribution is -2.40. The highest BCUT2D eigenvalue weighted by Crippen LogP contribution is 2.48. The van der Waals surface area contributed by atoms with Crippen LogP contribution >= 0.6 is 0 Å². The summed E-state index contributed by atoms with van der Waals surface area (Å²) in [6.07, 6.45) is 2.72. The molecule has 0 aromatic rings. The highest BCUT2D eigenvalue weighted by molar-refractivity contribution is 5.80. The summed E-state index contributed by atoms with van der Waals surface area (Å²) in [5.74, 6) is 0.393. The summed E-state index contributed by atoms with van der Waals surface area (Å²) >= 11 is 0. The number of amidine groups is 1. The Morgan fingerprint density at radius 1 is 1.44 bits per heavy atom. The molecule has 0 atom stereocenters. The predicted octanol–water partition coefficient (Wildman–Crippen LogP) is 0.361. The first-order valence-electron chi connectivity index (χ1n) is 6.52. The van der Waals surface area contributed by atoms with Crippen molar-refractivity contribution in [3.05, 3.63) is 0 Å². The first-order chi connectivity index (χ1) is 8.56. The molecule has 6 nitrogen and oxygen atoms in total. The minimum absolute atomic E-state index is 0.0971. The highest BCUT2D eigenvalue weighted by atomic mass is 16.4. The maximum absolute atomic E-state index is 11.8. The van der Waals surface area contributed by atoms with E-state index in [1.807, 2.05) is 13.8 Å². The van der Waals surface area contributed by atoms with Crippen molar-refractivity contribution < 1.29 is 10.0 Å². The van der Waals surface area contributed by atoms with Crippen LogP contribution in [-0.2, 0) is 4.79 Å². The maximum atomic E-state index is 11.8. The van der Waals surface area contributed by atoms with Gasteiger partial charge in [0.25, 0.3) is 0 Å². The fourth-order valence-electron chi connectivity index (χ4n) is 2.14. The number of rotatable bonds is 8. The summed E-state index contributed by atoms with van der Waals surface area (Å²) < 4.78 is 0. The van der Waals surface area contributed by atoms with Gasteiger partial charge in [0.2, 0.25) is 5.91 Å². The Kier molecular flexibility index (Phi) is 5.40.